The van der Waals surface area contributed by atoms with Gasteiger partial charge in [-0.1, -0.05) is 0 Å². The van der Waals surface area contributed by atoms with E-state index in [4.69, 9.17) is 15.8 Å². The molecule has 0 bridgehead atoms. The van der Waals surface area contributed by atoms with Gasteiger partial charge >= 0.3 is 7.12 Å². The molecule has 17 heavy (non-hydrogen) atoms. The van der Waals surface area contributed by atoms with Crippen molar-refractivity contribution in [1.29, 1.82) is 0 Å². The molecule has 2 rings (SSSR count). The lowest BCUT2D eigenvalue weighted by atomic mass is 9.81. The van der Waals surface area contributed by atoms with Gasteiger partial charge in [-0.25, -0.2) is 14.4 Å². The summed E-state index contributed by atoms with van der Waals surface area (Å²) in [6.45, 7) is 0. The van der Waals surface area contributed by atoms with Gasteiger partial charge < -0.3 is 15.8 Å². The molecule has 0 aliphatic heterocycles. The zero-order valence-corrected chi connectivity index (χ0v) is 8.58. The Kier molecular flexibility index (Phi) is 2.98. The highest BCUT2D eigenvalue weighted by molar-refractivity contribution is 6.58. The first-order chi connectivity index (χ1) is 8.08. The van der Waals surface area contributed by atoms with Gasteiger partial charge in [0.1, 0.15) is 11.5 Å². The van der Waals surface area contributed by atoms with Crippen molar-refractivity contribution in [2.45, 2.75) is 0 Å². The molecule has 0 amide bonds. The predicted octanol–water partition coefficient (Wildman–Crippen LogP) is -1.06. The zero-order valence-electron chi connectivity index (χ0n) is 8.58. The van der Waals surface area contributed by atoms with Gasteiger partial charge in [0.15, 0.2) is 0 Å². The normalized spacial score (nSPS) is 10.3. The van der Waals surface area contributed by atoms with Gasteiger partial charge in [0.05, 0.1) is 0 Å². The van der Waals surface area contributed by atoms with Crippen molar-refractivity contribution in [2.24, 2.45) is 0 Å². The maximum absolute atomic E-state index is 13.6. The van der Waals surface area contributed by atoms with E-state index in [0.717, 1.165) is 6.07 Å². The molecule has 2 aromatic rings. The zero-order chi connectivity index (χ0) is 12.4. The van der Waals surface area contributed by atoms with Crippen LogP contribution in [0, 0.1) is 5.82 Å². The molecule has 86 valence electrons. The second-order valence-electron chi connectivity index (χ2n) is 3.30. The Bertz CT molecular complexity index is 535. The number of nitrogen functional groups attached to an aromatic ring is 1. The van der Waals surface area contributed by atoms with E-state index < -0.39 is 12.9 Å². The molecule has 0 spiro atoms. The van der Waals surface area contributed by atoms with Gasteiger partial charge in [-0.2, -0.15) is 0 Å². The molecule has 8 heteroatoms. The molecule has 0 saturated carbocycles. The maximum Gasteiger partial charge on any atom is 0.490 e. The molecule has 0 aromatic carbocycles. The minimum absolute atomic E-state index is 0.0226. The summed E-state index contributed by atoms with van der Waals surface area (Å²) in [5.41, 5.74) is 5.66. The van der Waals surface area contributed by atoms with Gasteiger partial charge in [0, 0.05) is 29.6 Å². The van der Waals surface area contributed by atoms with E-state index >= 15 is 0 Å². The van der Waals surface area contributed by atoms with Crippen molar-refractivity contribution in [3.8, 4) is 11.3 Å². The third-order valence-corrected chi connectivity index (χ3v) is 2.11. The van der Waals surface area contributed by atoms with E-state index in [0.29, 0.717) is 5.56 Å². The number of anilines is 1. The fourth-order valence-corrected chi connectivity index (χ4v) is 1.27. The van der Waals surface area contributed by atoms with E-state index in [2.05, 4.69) is 15.0 Å². The van der Waals surface area contributed by atoms with Crippen molar-refractivity contribution < 1.29 is 14.4 Å². The number of halogens is 1. The first-order valence-corrected chi connectivity index (χ1v) is 4.67. The summed E-state index contributed by atoms with van der Waals surface area (Å²) in [6.07, 6.45) is 3.84. The van der Waals surface area contributed by atoms with Gasteiger partial charge in [0.2, 0.25) is 5.95 Å². The van der Waals surface area contributed by atoms with Crippen molar-refractivity contribution >= 4 is 18.5 Å². The average molecular weight is 234 g/mol. The van der Waals surface area contributed by atoms with Crippen molar-refractivity contribution in [2.75, 3.05) is 5.73 Å². The lowest BCUT2D eigenvalue weighted by Crippen LogP contribution is -2.30. The van der Waals surface area contributed by atoms with Crippen LogP contribution in [0.2, 0.25) is 0 Å². The van der Waals surface area contributed by atoms with Gasteiger partial charge in [-0.05, 0) is 6.07 Å². The molecular weight excluding hydrogens is 226 g/mol. The smallest absolute Gasteiger partial charge is 0.423 e. The van der Waals surface area contributed by atoms with E-state index in [9.17, 15) is 4.39 Å². The van der Waals surface area contributed by atoms with Crippen molar-refractivity contribution in [3.05, 3.63) is 30.5 Å². The summed E-state index contributed by atoms with van der Waals surface area (Å²) in [7, 11) is -1.76. The lowest BCUT2D eigenvalue weighted by molar-refractivity contribution is 0.425. The van der Waals surface area contributed by atoms with Gasteiger partial charge in [0.25, 0.3) is 0 Å². The number of nitrogens with zero attached hydrogens (tertiary/aromatic N) is 3. The Morgan fingerprint density at radius 3 is 2.29 bits per heavy atom. The summed E-state index contributed by atoms with van der Waals surface area (Å²) >= 11 is 0. The quantitative estimate of drug-likeness (QED) is 0.572. The Morgan fingerprint density at radius 2 is 1.76 bits per heavy atom. The number of pyridine rings is 1. The maximum atomic E-state index is 13.6. The van der Waals surface area contributed by atoms with E-state index in [1.54, 1.807) is 0 Å². The van der Waals surface area contributed by atoms with Crippen LogP contribution in [-0.4, -0.2) is 32.1 Å². The second-order valence-corrected chi connectivity index (χ2v) is 3.30. The molecule has 0 aliphatic carbocycles. The monoisotopic (exact) mass is 234 g/mol. The predicted molar refractivity (Wildman–Crippen MR) is 59.5 cm³/mol. The molecule has 0 atom stereocenters. The summed E-state index contributed by atoms with van der Waals surface area (Å²) in [6, 6.07) is 0.989. The molecule has 0 aliphatic rings. The molecule has 2 aromatic heterocycles. The Morgan fingerprint density at radius 1 is 1.12 bits per heavy atom. The number of nitrogens with two attached hydrogens (primary N) is 1. The number of aromatic nitrogens is 3. The molecular formula is C9H8BFN4O2. The van der Waals surface area contributed by atoms with Gasteiger partial charge in [-0.3, -0.25) is 4.98 Å². The average Bonchev–Trinajstić information content (AvgIpc) is 2.30. The number of rotatable bonds is 2. The largest absolute Gasteiger partial charge is 0.490 e. The van der Waals surface area contributed by atoms with Crippen LogP contribution in [0.15, 0.2) is 24.7 Å². The van der Waals surface area contributed by atoms with Crippen molar-refractivity contribution in [3.63, 3.8) is 0 Å². The topological polar surface area (TPSA) is 105 Å². The molecule has 0 saturated heterocycles. The van der Waals surface area contributed by atoms with Crippen LogP contribution in [-0.2, 0) is 0 Å². The highest BCUT2D eigenvalue weighted by Crippen LogP contribution is 2.17. The minimum Gasteiger partial charge on any atom is -0.423 e. The molecule has 4 N–H and O–H groups in total. The van der Waals surface area contributed by atoms with E-state index in [1.807, 2.05) is 0 Å². The molecule has 0 unspecified atom stereocenters. The second kappa shape index (κ2) is 4.44. The standard InChI is InChI=1S/C9H8BFN4O2/c11-7-1-6(10(16)17)4-13-8(7)5-2-14-9(12)15-3-5/h1-4,16-17H,(H2,12,14,15). The first-order valence-electron chi connectivity index (χ1n) is 4.67. The highest BCUT2D eigenvalue weighted by atomic mass is 19.1. The number of hydrogen-bond acceptors (Lipinski definition) is 6. The SMILES string of the molecule is Nc1ncc(-c2ncc(B(O)O)cc2F)cn1. The third-order valence-electron chi connectivity index (χ3n) is 2.11. The van der Waals surface area contributed by atoms with E-state index in [-0.39, 0.29) is 17.1 Å². The lowest BCUT2D eigenvalue weighted by Gasteiger charge is -2.04. The van der Waals surface area contributed by atoms with Gasteiger partial charge in [-0.15, -0.1) is 0 Å². The summed E-state index contributed by atoms with van der Waals surface area (Å²) in [4.78, 5) is 11.2. The van der Waals surface area contributed by atoms with Crippen LogP contribution >= 0.6 is 0 Å². The van der Waals surface area contributed by atoms with Crippen molar-refractivity contribution in [1.82, 2.24) is 15.0 Å². The summed E-state index contributed by atoms with van der Waals surface area (Å²) in [5.74, 6) is -0.611. The van der Waals surface area contributed by atoms with Crippen LogP contribution in [0.3, 0.4) is 0 Å². The molecule has 0 radical (unpaired) electrons. The summed E-state index contributed by atoms with van der Waals surface area (Å²) < 4.78 is 13.6. The van der Waals surface area contributed by atoms with Crippen LogP contribution in [0.1, 0.15) is 0 Å². The molecule has 6 nitrogen and oxygen atoms in total. The van der Waals surface area contributed by atoms with Crippen LogP contribution < -0.4 is 11.2 Å². The Labute approximate surface area is 96.1 Å². The first kappa shape index (κ1) is 11.4. The van der Waals surface area contributed by atoms with Crippen LogP contribution in [0.25, 0.3) is 11.3 Å². The summed E-state index contributed by atoms with van der Waals surface area (Å²) in [5, 5.41) is 17.7. The van der Waals surface area contributed by atoms with Crippen LogP contribution in [0.4, 0.5) is 10.3 Å². The fourth-order valence-electron chi connectivity index (χ4n) is 1.27. The number of hydrogen-bond donors (Lipinski definition) is 3. The van der Waals surface area contributed by atoms with E-state index in [1.165, 1.54) is 18.6 Å². The third kappa shape index (κ3) is 2.37. The molecule has 0 fully saturated rings. The van der Waals surface area contributed by atoms with Crippen LogP contribution in [0.5, 0.6) is 0 Å². The molecule has 2 heterocycles. The minimum atomic E-state index is -1.76. The Balaban J connectivity index is 2.43. The Hall–Kier alpha value is -2.06. The highest BCUT2D eigenvalue weighted by Gasteiger charge is 2.15. The fraction of sp³-hybridized carbons (Fsp3) is 0.